The number of ether oxygens (including phenoxy) is 1. The summed E-state index contributed by atoms with van der Waals surface area (Å²) in [5.41, 5.74) is -0.0485. The Hall–Kier alpha value is -1.85. The van der Waals surface area contributed by atoms with Gasteiger partial charge in [0.2, 0.25) is 0 Å². The van der Waals surface area contributed by atoms with E-state index in [1.807, 2.05) is 42.3 Å². The molecule has 1 atom stereocenters. The van der Waals surface area contributed by atoms with E-state index in [0.717, 1.165) is 42.8 Å². The number of nitrogens with zero attached hydrogens (tertiary/aromatic N) is 1. The topological polar surface area (TPSA) is 57.4 Å². The Morgan fingerprint density at radius 3 is 3.05 bits per heavy atom. The first-order chi connectivity index (χ1) is 9.74. The van der Waals surface area contributed by atoms with Crippen molar-refractivity contribution in [2.75, 3.05) is 38.2 Å². The van der Waals surface area contributed by atoms with Gasteiger partial charge in [-0.05, 0) is 17.5 Å². The number of hydrogen-bond donors (Lipinski definition) is 2. The standard InChI is InChI=1S/C15H19N3O2/c1-18(10-12-9-16-6-7-20-12)14-8-11-4-2-3-5-13(11)15(19)17-14/h2-5,8,12,16H,6-7,9-10H2,1H3,(H,17,19). The van der Waals surface area contributed by atoms with E-state index in [2.05, 4.69) is 10.3 Å². The first kappa shape index (κ1) is 13.1. The Bertz CT molecular complexity index is 647. The molecule has 106 valence electrons. The number of aromatic nitrogens is 1. The minimum atomic E-state index is -0.0485. The third-order valence-corrected chi connectivity index (χ3v) is 3.63. The molecular formula is C15H19N3O2. The van der Waals surface area contributed by atoms with Crippen molar-refractivity contribution < 1.29 is 4.74 Å². The monoisotopic (exact) mass is 273 g/mol. The molecule has 2 N–H and O–H groups in total. The van der Waals surface area contributed by atoms with Gasteiger partial charge >= 0.3 is 0 Å². The van der Waals surface area contributed by atoms with Crippen molar-refractivity contribution in [3.63, 3.8) is 0 Å². The van der Waals surface area contributed by atoms with Crippen LogP contribution in [0.4, 0.5) is 5.82 Å². The summed E-state index contributed by atoms with van der Waals surface area (Å²) in [6.07, 6.45) is 0.156. The van der Waals surface area contributed by atoms with Gasteiger partial charge in [-0.2, -0.15) is 0 Å². The van der Waals surface area contributed by atoms with Crippen molar-refractivity contribution in [2.24, 2.45) is 0 Å². The van der Waals surface area contributed by atoms with E-state index in [4.69, 9.17) is 4.74 Å². The SMILES string of the molecule is CN(CC1CNCCO1)c1cc2ccccc2c(=O)[nH]1. The van der Waals surface area contributed by atoms with E-state index in [0.29, 0.717) is 0 Å². The Kier molecular flexibility index (Phi) is 3.71. The molecule has 20 heavy (non-hydrogen) atoms. The fourth-order valence-corrected chi connectivity index (χ4v) is 2.54. The average Bonchev–Trinajstić information content (AvgIpc) is 2.48. The predicted molar refractivity (Wildman–Crippen MR) is 80.4 cm³/mol. The van der Waals surface area contributed by atoms with Gasteiger partial charge in [-0.1, -0.05) is 18.2 Å². The van der Waals surface area contributed by atoms with Gasteiger partial charge in [0.25, 0.3) is 5.56 Å². The highest BCUT2D eigenvalue weighted by molar-refractivity contribution is 5.83. The third kappa shape index (κ3) is 2.69. The van der Waals surface area contributed by atoms with Crippen LogP contribution in [0.2, 0.25) is 0 Å². The zero-order valence-corrected chi connectivity index (χ0v) is 11.6. The van der Waals surface area contributed by atoms with Crippen LogP contribution in [-0.4, -0.2) is 44.4 Å². The van der Waals surface area contributed by atoms with Gasteiger partial charge in [-0.15, -0.1) is 0 Å². The van der Waals surface area contributed by atoms with Crippen LogP contribution in [0, 0.1) is 0 Å². The molecule has 0 radical (unpaired) electrons. The average molecular weight is 273 g/mol. The predicted octanol–water partition coefficient (Wildman–Crippen LogP) is 0.953. The molecule has 1 saturated heterocycles. The third-order valence-electron chi connectivity index (χ3n) is 3.63. The van der Waals surface area contributed by atoms with Crippen molar-refractivity contribution in [3.05, 3.63) is 40.7 Å². The van der Waals surface area contributed by atoms with Crippen molar-refractivity contribution in [1.29, 1.82) is 0 Å². The quantitative estimate of drug-likeness (QED) is 0.874. The zero-order valence-electron chi connectivity index (χ0n) is 11.6. The summed E-state index contributed by atoms with van der Waals surface area (Å²) in [6, 6.07) is 9.63. The van der Waals surface area contributed by atoms with Crippen molar-refractivity contribution in [3.8, 4) is 0 Å². The molecule has 5 nitrogen and oxygen atoms in total. The lowest BCUT2D eigenvalue weighted by molar-refractivity contribution is 0.0339. The number of H-pyrrole nitrogens is 1. The molecule has 1 fully saturated rings. The van der Waals surface area contributed by atoms with Crippen LogP contribution in [0.15, 0.2) is 35.1 Å². The molecule has 0 bridgehead atoms. The Morgan fingerprint density at radius 2 is 2.25 bits per heavy atom. The fraction of sp³-hybridized carbons (Fsp3) is 0.400. The summed E-state index contributed by atoms with van der Waals surface area (Å²) in [6.45, 7) is 3.25. The van der Waals surface area contributed by atoms with Gasteiger partial charge in [-0.3, -0.25) is 4.79 Å². The highest BCUT2D eigenvalue weighted by Crippen LogP contribution is 2.16. The van der Waals surface area contributed by atoms with E-state index < -0.39 is 0 Å². The maximum absolute atomic E-state index is 12.1. The molecule has 1 aliphatic rings. The molecular weight excluding hydrogens is 254 g/mol. The number of morpholine rings is 1. The molecule has 2 aromatic rings. The second kappa shape index (κ2) is 5.64. The molecule has 1 aromatic carbocycles. The molecule has 5 heteroatoms. The molecule has 3 rings (SSSR count). The van der Waals surface area contributed by atoms with Crippen molar-refractivity contribution in [2.45, 2.75) is 6.10 Å². The molecule has 0 saturated carbocycles. The number of aromatic amines is 1. The van der Waals surface area contributed by atoms with Gasteiger partial charge < -0.3 is 19.9 Å². The normalized spacial score (nSPS) is 19.1. The van der Waals surface area contributed by atoms with Gasteiger partial charge in [-0.25, -0.2) is 0 Å². The lowest BCUT2D eigenvalue weighted by Crippen LogP contribution is -2.44. The van der Waals surface area contributed by atoms with Gasteiger partial charge in [0.15, 0.2) is 0 Å². The van der Waals surface area contributed by atoms with Crippen LogP contribution in [-0.2, 0) is 4.74 Å². The van der Waals surface area contributed by atoms with E-state index in [1.165, 1.54) is 0 Å². The van der Waals surface area contributed by atoms with E-state index in [-0.39, 0.29) is 11.7 Å². The van der Waals surface area contributed by atoms with Crippen LogP contribution >= 0.6 is 0 Å². The summed E-state index contributed by atoms with van der Waals surface area (Å²) in [5.74, 6) is 0.822. The van der Waals surface area contributed by atoms with Crippen LogP contribution < -0.4 is 15.8 Å². The van der Waals surface area contributed by atoms with Crippen LogP contribution in [0.25, 0.3) is 10.8 Å². The smallest absolute Gasteiger partial charge is 0.257 e. The fourth-order valence-electron chi connectivity index (χ4n) is 2.54. The molecule has 2 heterocycles. The second-order valence-electron chi connectivity index (χ2n) is 5.15. The molecule has 0 amide bonds. The summed E-state index contributed by atoms with van der Waals surface area (Å²) >= 11 is 0. The maximum Gasteiger partial charge on any atom is 0.257 e. The highest BCUT2D eigenvalue weighted by Gasteiger charge is 2.16. The number of rotatable bonds is 3. The number of fused-ring (bicyclic) bond motifs is 1. The maximum atomic E-state index is 12.1. The van der Waals surface area contributed by atoms with E-state index >= 15 is 0 Å². The number of hydrogen-bond acceptors (Lipinski definition) is 4. The summed E-state index contributed by atoms with van der Waals surface area (Å²) in [4.78, 5) is 17.0. The molecule has 0 spiro atoms. The minimum Gasteiger partial charge on any atom is -0.374 e. The zero-order chi connectivity index (χ0) is 13.9. The number of anilines is 1. The van der Waals surface area contributed by atoms with E-state index in [1.54, 1.807) is 0 Å². The number of likely N-dealkylation sites (N-methyl/N-ethyl adjacent to an activating group) is 1. The van der Waals surface area contributed by atoms with Crippen LogP contribution in [0.5, 0.6) is 0 Å². The highest BCUT2D eigenvalue weighted by atomic mass is 16.5. The second-order valence-corrected chi connectivity index (χ2v) is 5.15. The summed E-state index contributed by atoms with van der Waals surface area (Å²) in [5, 5.41) is 4.99. The lowest BCUT2D eigenvalue weighted by atomic mass is 10.1. The largest absolute Gasteiger partial charge is 0.374 e. The summed E-state index contributed by atoms with van der Waals surface area (Å²) in [7, 11) is 1.97. The Morgan fingerprint density at radius 1 is 1.40 bits per heavy atom. The van der Waals surface area contributed by atoms with Crippen LogP contribution in [0.3, 0.4) is 0 Å². The molecule has 1 unspecified atom stereocenters. The first-order valence-corrected chi connectivity index (χ1v) is 6.89. The van der Waals surface area contributed by atoms with Crippen molar-refractivity contribution >= 4 is 16.6 Å². The summed E-state index contributed by atoms with van der Waals surface area (Å²) < 4.78 is 5.69. The van der Waals surface area contributed by atoms with E-state index in [9.17, 15) is 4.79 Å². The number of benzene rings is 1. The lowest BCUT2D eigenvalue weighted by Gasteiger charge is -2.28. The number of nitrogens with one attached hydrogen (secondary N) is 2. The van der Waals surface area contributed by atoms with Crippen LogP contribution in [0.1, 0.15) is 0 Å². The van der Waals surface area contributed by atoms with Crippen molar-refractivity contribution in [1.82, 2.24) is 10.3 Å². The molecule has 1 aromatic heterocycles. The molecule has 0 aliphatic carbocycles. The Balaban J connectivity index is 1.83. The number of pyridine rings is 1. The Labute approximate surface area is 117 Å². The molecule has 1 aliphatic heterocycles. The minimum absolute atomic E-state index is 0.0485. The van der Waals surface area contributed by atoms with Gasteiger partial charge in [0.05, 0.1) is 12.7 Å². The van der Waals surface area contributed by atoms with Gasteiger partial charge in [0.1, 0.15) is 5.82 Å². The first-order valence-electron chi connectivity index (χ1n) is 6.89. The van der Waals surface area contributed by atoms with Gasteiger partial charge in [0, 0.05) is 32.1 Å².